The number of halogens is 2. The first-order valence-electron chi connectivity index (χ1n) is 7.52. The van der Waals surface area contributed by atoms with Gasteiger partial charge in [0.25, 0.3) is 0 Å². The molecule has 3 aromatic rings. The largest absolute Gasteiger partial charge is 0.444 e. The number of aromatic nitrogens is 3. The molecule has 0 radical (unpaired) electrons. The standard InChI is InChI=1S/C17H16BrFN4O2/c1-17(2,3)25-16(24)21-12-4-5-13(19)14(7-12)23-9-10-6-11(18)8-20-15(10)22-23/h4-9H,1-3H3,(H,21,24). The van der Waals surface area contributed by atoms with Gasteiger partial charge in [-0.15, -0.1) is 5.10 Å². The fourth-order valence-electron chi connectivity index (χ4n) is 2.20. The molecule has 0 saturated heterocycles. The summed E-state index contributed by atoms with van der Waals surface area (Å²) in [4.78, 5) is 16.1. The van der Waals surface area contributed by atoms with Crippen LogP contribution >= 0.6 is 15.9 Å². The van der Waals surface area contributed by atoms with Gasteiger partial charge in [-0.25, -0.2) is 18.9 Å². The van der Waals surface area contributed by atoms with Crippen molar-refractivity contribution in [1.29, 1.82) is 0 Å². The molecule has 0 bridgehead atoms. The fraction of sp³-hybridized carbons (Fsp3) is 0.235. The van der Waals surface area contributed by atoms with Gasteiger partial charge in [0.05, 0.1) is 0 Å². The van der Waals surface area contributed by atoms with Crippen LogP contribution in [0.5, 0.6) is 0 Å². The average molecular weight is 407 g/mol. The highest BCUT2D eigenvalue weighted by molar-refractivity contribution is 9.10. The number of ether oxygens (including phenoxy) is 1. The number of benzene rings is 1. The second kappa shape index (κ2) is 6.44. The number of pyridine rings is 1. The molecule has 130 valence electrons. The van der Waals surface area contributed by atoms with Gasteiger partial charge < -0.3 is 4.74 Å². The lowest BCUT2D eigenvalue weighted by atomic mass is 10.2. The van der Waals surface area contributed by atoms with E-state index in [1.165, 1.54) is 22.9 Å². The molecule has 1 N–H and O–H groups in total. The number of hydrogen-bond acceptors (Lipinski definition) is 4. The molecule has 0 saturated carbocycles. The lowest BCUT2D eigenvalue weighted by Gasteiger charge is -2.19. The van der Waals surface area contributed by atoms with E-state index in [1.807, 2.05) is 6.07 Å². The van der Waals surface area contributed by atoms with Gasteiger partial charge in [-0.2, -0.15) is 0 Å². The number of carbonyl (C=O) groups excluding carboxylic acids is 1. The van der Waals surface area contributed by atoms with E-state index in [0.717, 1.165) is 9.86 Å². The summed E-state index contributed by atoms with van der Waals surface area (Å²) in [5.41, 5.74) is 0.473. The quantitative estimate of drug-likeness (QED) is 0.671. The Balaban J connectivity index is 1.92. The van der Waals surface area contributed by atoms with Gasteiger partial charge in [0, 0.05) is 27.9 Å². The minimum absolute atomic E-state index is 0.197. The maximum absolute atomic E-state index is 14.2. The van der Waals surface area contributed by atoms with E-state index < -0.39 is 17.5 Å². The van der Waals surface area contributed by atoms with Crippen LogP contribution in [-0.4, -0.2) is 26.5 Å². The molecule has 0 aliphatic rings. The van der Waals surface area contributed by atoms with Gasteiger partial charge in [-0.05, 0) is 61.0 Å². The summed E-state index contributed by atoms with van der Waals surface area (Å²) in [7, 11) is 0. The Bertz CT molecular complexity index is 949. The third-order valence-corrected chi connectivity index (χ3v) is 3.60. The summed E-state index contributed by atoms with van der Waals surface area (Å²) in [6.07, 6.45) is 2.68. The van der Waals surface area contributed by atoms with Crippen molar-refractivity contribution < 1.29 is 13.9 Å². The number of anilines is 1. The molecule has 2 aromatic heterocycles. The summed E-state index contributed by atoms with van der Waals surface area (Å²) < 4.78 is 21.6. The van der Waals surface area contributed by atoms with Crippen molar-refractivity contribution in [2.45, 2.75) is 26.4 Å². The van der Waals surface area contributed by atoms with Crippen LogP contribution in [0.3, 0.4) is 0 Å². The van der Waals surface area contributed by atoms with Gasteiger partial charge in [-0.3, -0.25) is 5.32 Å². The van der Waals surface area contributed by atoms with Crippen LogP contribution in [0.1, 0.15) is 20.8 Å². The molecule has 1 aromatic carbocycles. The highest BCUT2D eigenvalue weighted by Gasteiger charge is 2.17. The van der Waals surface area contributed by atoms with Crippen LogP contribution in [0.25, 0.3) is 16.7 Å². The number of hydrogen-bond donors (Lipinski definition) is 1. The lowest BCUT2D eigenvalue weighted by molar-refractivity contribution is 0.0636. The van der Waals surface area contributed by atoms with E-state index in [0.29, 0.717) is 11.3 Å². The van der Waals surface area contributed by atoms with E-state index >= 15 is 0 Å². The fourth-order valence-corrected chi connectivity index (χ4v) is 2.55. The Morgan fingerprint density at radius 3 is 2.80 bits per heavy atom. The maximum Gasteiger partial charge on any atom is 0.412 e. The second-order valence-corrected chi connectivity index (χ2v) is 7.35. The SMILES string of the molecule is CC(C)(C)OC(=O)Nc1ccc(F)c(-n2cc3cc(Br)cnc3n2)c1. The molecule has 0 fully saturated rings. The first-order valence-corrected chi connectivity index (χ1v) is 8.31. The molecular weight excluding hydrogens is 391 g/mol. The van der Waals surface area contributed by atoms with E-state index in [-0.39, 0.29) is 5.69 Å². The Morgan fingerprint density at radius 1 is 1.32 bits per heavy atom. The predicted octanol–water partition coefficient (Wildman–Crippen LogP) is 4.67. The number of rotatable bonds is 2. The first kappa shape index (κ1) is 17.3. The van der Waals surface area contributed by atoms with Gasteiger partial charge >= 0.3 is 6.09 Å². The number of amides is 1. The van der Waals surface area contributed by atoms with Gasteiger partial charge in [0.2, 0.25) is 0 Å². The van der Waals surface area contributed by atoms with Crippen molar-refractivity contribution in [3.8, 4) is 5.69 Å². The summed E-state index contributed by atoms with van der Waals surface area (Å²) in [5, 5.41) is 7.62. The molecule has 0 spiro atoms. The van der Waals surface area contributed by atoms with Crippen molar-refractivity contribution >= 4 is 38.7 Å². The van der Waals surface area contributed by atoms with Crippen LogP contribution in [0, 0.1) is 5.82 Å². The number of nitrogens with zero attached hydrogens (tertiary/aromatic N) is 3. The van der Waals surface area contributed by atoms with Gasteiger partial charge in [0.15, 0.2) is 5.65 Å². The first-order chi connectivity index (χ1) is 11.7. The predicted molar refractivity (Wildman–Crippen MR) is 96.4 cm³/mol. The third kappa shape index (κ3) is 4.14. The van der Waals surface area contributed by atoms with Crippen molar-refractivity contribution in [3.05, 3.63) is 46.9 Å². The molecule has 0 aliphatic carbocycles. The molecule has 0 unspecified atom stereocenters. The molecule has 3 rings (SSSR count). The van der Waals surface area contributed by atoms with E-state index in [2.05, 4.69) is 31.3 Å². The zero-order valence-corrected chi connectivity index (χ0v) is 15.5. The molecule has 25 heavy (non-hydrogen) atoms. The molecule has 6 nitrogen and oxygen atoms in total. The topological polar surface area (TPSA) is 69.0 Å². The number of fused-ring (bicyclic) bond motifs is 1. The molecule has 8 heteroatoms. The summed E-state index contributed by atoms with van der Waals surface area (Å²) in [5.74, 6) is -0.471. The van der Waals surface area contributed by atoms with Crippen molar-refractivity contribution in [3.63, 3.8) is 0 Å². The summed E-state index contributed by atoms with van der Waals surface area (Å²) >= 11 is 3.34. The Hall–Kier alpha value is -2.48. The zero-order chi connectivity index (χ0) is 18.2. The maximum atomic E-state index is 14.2. The van der Waals surface area contributed by atoms with Gasteiger partial charge in [0.1, 0.15) is 17.1 Å². The van der Waals surface area contributed by atoms with Crippen LogP contribution < -0.4 is 5.32 Å². The average Bonchev–Trinajstić information content (AvgIpc) is 2.90. The Kier molecular flexibility index (Phi) is 4.47. The van der Waals surface area contributed by atoms with E-state index in [4.69, 9.17) is 4.74 Å². The monoisotopic (exact) mass is 406 g/mol. The smallest absolute Gasteiger partial charge is 0.412 e. The van der Waals surface area contributed by atoms with Crippen molar-refractivity contribution in [2.75, 3.05) is 5.32 Å². The number of carbonyl (C=O) groups is 1. The Labute approximate surface area is 152 Å². The van der Waals surface area contributed by atoms with Crippen LogP contribution in [0.2, 0.25) is 0 Å². The third-order valence-electron chi connectivity index (χ3n) is 3.16. The van der Waals surface area contributed by atoms with Gasteiger partial charge in [-0.1, -0.05) is 0 Å². The van der Waals surface area contributed by atoms with Crippen LogP contribution in [0.15, 0.2) is 41.1 Å². The molecule has 2 heterocycles. The number of nitrogens with one attached hydrogen (secondary N) is 1. The highest BCUT2D eigenvalue weighted by Crippen LogP contribution is 2.22. The molecule has 0 atom stereocenters. The van der Waals surface area contributed by atoms with E-state index in [9.17, 15) is 9.18 Å². The van der Waals surface area contributed by atoms with Crippen LogP contribution in [0.4, 0.5) is 14.9 Å². The second-order valence-electron chi connectivity index (χ2n) is 6.43. The van der Waals surface area contributed by atoms with E-state index in [1.54, 1.807) is 33.2 Å². The summed E-state index contributed by atoms with van der Waals surface area (Å²) in [6.45, 7) is 5.30. The Morgan fingerprint density at radius 2 is 2.08 bits per heavy atom. The van der Waals surface area contributed by atoms with Crippen molar-refractivity contribution in [2.24, 2.45) is 0 Å². The van der Waals surface area contributed by atoms with Crippen LogP contribution in [-0.2, 0) is 4.74 Å². The normalized spacial score (nSPS) is 11.6. The highest BCUT2D eigenvalue weighted by atomic mass is 79.9. The minimum Gasteiger partial charge on any atom is -0.444 e. The molecular formula is C17H16BrFN4O2. The van der Waals surface area contributed by atoms with Crippen molar-refractivity contribution in [1.82, 2.24) is 14.8 Å². The molecule has 0 aliphatic heterocycles. The lowest BCUT2D eigenvalue weighted by Crippen LogP contribution is -2.27. The molecule has 1 amide bonds. The minimum atomic E-state index is -0.619. The summed E-state index contributed by atoms with van der Waals surface area (Å²) in [6, 6.07) is 6.05. The zero-order valence-electron chi connectivity index (χ0n) is 13.9.